The number of carbonyl (C=O) groups excluding carboxylic acids is 1. The van der Waals surface area contributed by atoms with Crippen LogP contribution in [0.25, 0.3) is 10.9 Å². The van der Waals surface area contributed by atoms with E-state index in [0.717, 1.165) is 105 Å². The predicted molar refractivity (Wildman–Crippen MR) is 277 cm³/mol. The average Bonchev–Trinajstić information content (AvgIpc) is 3.99. The van der Waals surface area contributed by atoms with Crippen LogP contribution in [0.5, 0.6) is 28.7 Å². The molecule has 72 heavy (non-hydrogen) atoms. The quantitative estimate of drug-likeness (QED) is 0.0207. The van der Waals surface area contributed by atoms with Gasteiger partial charge in [0.05, 0.1) is 30.2 Å². The van der Waals surface area contributed by atoms with Crippen molar-refractivity contribution in [2.45, 2.75) is 146 Å². The van der Waals surface area contributed by atoms with E-state index in [9.17, 15) is 20.1 Å². The number of carbonyl (C=O) groups is 1. The first-order valence-corrected chi connectivity index (χ1v) is 26.0. The third-order valence-corrected chi connectivity index (χ3v) is 14.7. The van der Waals surface area contributed by atoms with Crippen LogP contribution in [0.4, 0.5) is 0 Å². The van der Waals surface area contributed by atoms with Crippen molar-refractivity contribution < 1.29 is 39.1 Å². The number of H-pyrrole nitrogens is 1. The van der Waals surface area contributed by atoms with E-state index in [4.69, 9.17) is 29.7 Å². The van der Waals surface area contributed by atoms with Crippen molar-refractivity contribution in [2.24, 2.45) is 16.6 Å². The summed E-state index contributed by atoms with van der Waals surface area (Å²) in [6, 6.07) is 14.8. The Bertz CT molecular complexity index is 2690. The van der Waals surface area contributed by atoms with Crippen LogP contribution in [0, 0.1) is 5.92 Å². The number of unbranched alkanes of at least 4 members (excludes halogenated alkanes) is 2. The SMILES string of the molecule is CCCCCC(Cc1ccc(O)c(OC2CCCC3(C2)CC(n2cc4cc[nH]c4c2)NC(=NCCCC2=CCNC(N)=C2)N3)c1)C1CC(OC(C)=O)CC(c2cc(O)c(O)c(OCCc3cccnc3)c2)O1. The van der Waals surface area contributed by atoms with Crippen LogP contribution >= 0.6 is 0 Å². The maximum absolute atomic E-state index is 12.5. The second kappa shape index (κ2) is 23.2. The number of rotatable bonds is 20. The first-order chi connectivity index (χ1) is 35.0. The number of phenols is 3. The fourth-order valence-corrected chi connectivity index (χ4v) is 11.1. The molecule has 384 valence electrons. The van der Waals surface area contributed by atoms with E-state index < -0.39 is 12.2 Å². The number of nitrogens with one attached hydrogen (secondary N) is 4. The summed E-state index contributed by atoms with van der Waals surface area (Å²) in [6.45, 7) is 5.27. The van der Waals surface area contributed by atoms with Gasteiger partial charge in [-0.2, -0.15) is 0 Å². The van der Waals surface area contributed by atoms with Gasteiger partial charge in [-0.1, -0.05) is 44.4 Å². The average molecular weight is 985 g/mol. The van der Waals surface area contributed by atoms with E-state index >= 15 is 0 Å². The van der Waals surface area contributed by atoms with Crippen molar-refractivity contribution in [3.8, 4) is 28.7 Å². The van der Waals surface area contributed by atoms with Crippen molar-refractivity contribution in [3.05, 3.63) is 120 Å². The van der Waals surface area contributed by atoms with Crippen LogP contribution in [-0.2, 0) is 27.1 Å². The number of pyridine rings is 1. The summed E-state index contributed by atoms with van der Waals surface area (Å²) in [7, 11) is 0. The minimum absolute atomic E-state index is 0.0222. The zero-order chi connectivity index (χ0) is 50.0. The molecule has 3 aliphatic heterocycles. The summed E-state index contributed by atoms with van der Waals surface area (Å²) in [4.78, 5) is 25.1. The fraction of sp³-hybridized carbons (Fsp3) is 0.482. The molecule has 16 heteroatoms. The summed E-state index contributed by atoms with van der Waals surface area (Å²) in [5, 5.41) is 45.0. The number of aromatic nitrogens is 3. The second-order valence-electron chi connectivity index (χ2n) is 20.2. The highest BCUT2D eigenvalue weighted by atomic mass is 16.6. The molecule has 0 radical (unpaired) electrons. The Labute approximate surface area is 422 Å². The van der Waals surface area contributed by atoms with Crippen LogP contribution < -0.4 is 31.2 Å². The zero-order valence-electron chi connectivity index (χ0n) is 41.7. The Morgan fingerprint density at radius 1 is 1.01 bits per heavy atom. The number of fused-ring (bicyclic) bond motifs is 1. The standard InChI is InChI=1S/C56H72N8O8/c1-3-4-5-11-40(48-29-44(70-36(2)65)30-49(72-48)42-27-47(67)54(68)51(28-42)69-23-17-38-10-7-19-58-33-38)24-39-13-14-46(66)50(25-39)71-43-12-6-18-56(31-43)32-53(64-34-41-16-22-59-45(41)35-64)62-55(63-56)61-20-8-9-37-15-21-60-52(57)26-37/h7,10,13-16,19,22,25-28,33-35,40,43-44,48-49,53,59-60,66-68H,3-6,8-9,11-12,17-18,20-21,23-24,29-32,57H2,1-2H3,(H2,61,62,63). The van der Waals surface area contributed by atoms with Crippen LogP contribution in [0.3, 0.4) is 0 Å². The van der Waals surface area contributed by atoms with Gasteiger partial charge in [-0.05, 0) is 116 Å². The molecule has 4 aliphatic rings. The Morgan fingerprint density at radius 2 is 1.92 bits per heavy atom. The van der Waals surface area contributed by atoms with Gasteiger partial charge in [0.2, 0.25) is 5.75 Å². The Kier molecular flexibility index (Phi) is 16.1. The molecule has 3 fully saturated rings. The first-order valence-electron chi connectivity index (χ1n) is 26.0. The van der Waals surface area contributed by atoms with E-state index in [1.54, 1.807) is 24.5 Å². The van der Waals surface area contributed by atoms with Crippen LogP contribution in [0.1, 0.15) is 126 Å². The van der Waals surface area contributed by atoms with Gasteiger partial charge in [0.25, 0.3) is 0 Å². The summed E-state index contributed by atoms with van der Waals surface area (Å²) in [5.41, 5.74) is 10.7. The third kappa shape index (κ3) is 12.8. The molecule has 1 aliphatic carbocycles. The van der Waals surface area contributed by atoms with Crippen LogP contribution in [0.15, 0.2) is 108 Å². The number of hydrogen-bond donors (Lipinski definition) is 8. The number of aliphatic imine (C=N–C) groups is 1. The van der Waals surface area contributed by atoms with E-state index in [-0.39, 0.29) is 65.4 Å². The summed E-state index contributed by atoms with van der Waals surface area (Å²) < 4.78 is 28.0. The van der Waals surface area contributed by atoms with Crippen LogP contribution in [-0.4, -0.2) is 85.3 Å². The third-order valence-electron chi connectivity index (χ3n) is 14.7. The van der Waals surface area contributed by atoms with Crippen molar-refractivity contribution in [3.63, 3.8) is 0 Å². The van der Waals surface area contributed by atoms with E-state index in [1.807, 2.05) is 36.5 Å². The topological polar surface area (TPSA) is 223 Å². The molecular formula is C56H72N8O8. The van der Waals surface area contributed by atoms with Gasteiger partial charge >= 0.3 is 5.97 Å². The molecule has 6 heterocycles. The molecule has 7 atom stereocenters. The van der Waals surface area contributed by atoms with Crippen molar-refractivity contribution in [2.75, 3.05) is 19.7 Å². The van der Waals surface area contributed by atoms with Gasteiger partial charge < -0.3 is 65.5 Å². The van der Waals surface area contributed by atoms with Gasteiger partial charge in [-0.15, -0.1) is 0 Å². The molecule has 16 nitrogen and oxygen atoms in total. The highest BCUT2D eigenvalue weighted by Gasteiger charge is 2.44. The number of dihydropyridines is 1. The fourth-order valence-electron chi connectivity index (χ4n) is 11.1. The zero-order valence-corrected chi connectivity index (χ0v) is 41.7. The lowest BCUT2D eigenvalue weighted by Gasteiger charge is -2.48. The molecule has 1 spiro atoms. The first kappa shape index (κ1) is 50.1. The lowest BCUT2D eigenvalue weighted by molar-refractivity contribution is -0.165. The Hall–Kier alpha value is -6.81. The normalized spacial score (nSPS) is 24.1. The number of nitrogens with zero attached hydrogens (tertiary/aromatic N) is 3. The molecule has 2 aromatic carbocycles. The van der Waals surface area contributed by atoms with Crippen molar-refractivity contribution >= 4 is 22.8 Å². The maximum Gasteiger partial charge on any atom is 0.302 e. The number of aromatic amines is 1. The Morgan fingerprint density at radius 3 is 2.74 bits per heavy atom. The van der Waals surface area contributed by atoms with E-state index in [0.29, 0.717) is 49.4 Å². The smallest absolute Gasteiger partial charge is 0.302 e. The Balaban J connectivity index is 0.908. The molecule has 7 unspecified atom stereocenters. The highest BCUT2D eigenvalue weighted by molar-refractivity contribution is 5.82. The van der Waals surface area contributed by atoms with Gasteiger partial charge in [-0.25, -0.2) is 0 Å². The second-order valence-corrected chi connectivity index (χ2v) is 20.2. The van der Waals surface area contributed by atoms with Crippen molar-refractivity contribution in [1.29, 1.82) is 0 Å². The number of nitrogens with two attached hydrogens (primary N) is 1. The summed E-state index contributed by atoms with van der Waals surface area (Å²) >= 11 is 0. The lowest BCUT2D eigenvalue weighted by Crippen LogP contribution is -2.63. The molecule has 5 aromatic rings. The minimum atomic E-state index is -0.554. The monoisotopic (exact) mass is 985 g/mol. The molecule has 2 saturated heterocycles. The molecule has 9 N–H and O–H groups in total. The van der Waals surface area contributed by atoms with Crippen LogP contribution in [0.2, 0.25) is 0 Å². The summed E-state index contributed by atoms with van der Waals surface area (Å²) in [6.07, 6.45) is 24.6. The number of benzene rings is 2. The maximum atomic E-state index is 12.5. The lowest BCUT2D eigenvalue weighted by atomic mass is 9.76. The number of ether oxygens (including phenoxy) is 4. The van der Waals surface area contributed by atoms with Gasteiger partial charge in [0.15, 0.2) is 29.0 Å². The van der Waals surface area contributed by atoms with E-state index in [1.165, 1.54) is 18.6 Å². The van der Waals surface area contributed by atoms with Gasteiger partial charge in [0.1, 0.15) is 18.4 Å². The number of phenolic OH excluding ortho intramolecular Hbond substituents is 3. The number of esters is 1. The number of hydrogen-bond acceptors (Lipinski definition) is 12. The molecule has 1 saturated carbocycles. The largest absolute Gasteiger partial charge is 0.504 e. The number of aromatic hydroxyl groups is 3. The summed E-state index contributed by atoms with van der Waals surface area (Å²) in [5.74, 6) is 1.18. The molecule has 0 bridgehead atoms. The highest BCUT2D eigenvalue weighted by Crippen LogP contribution is 2.45. The minimum Gasteiger partial charge on any atom is -0.504 e. The van der Waals surface area contributed by atoms with E-state index in [2.05, 4.69) is 61.9 Å². The predicted octanol–water partition coefficient (Wildman–Crippen LogP) is 9.00. The number of guanidine groups is 1. The van der Waals surface area contributed by atoms with Crippen molar-refractivity contribution in [1.82, 2.24) is 30.5 Å². The van der Waals surface area contributed by atoms with Gasteiger partial charge in [-0.3, -0.25) is 14.8 Å². The molecule has 9 rings (SSSR count). The number of allylic oxidation sites excluding steroid dienone is 2. The molecule has 0 amide bonds. The van der Waals surface area contributed by atoms with Gasteiger partial charge in [0, 0.05) is 94.0 Å². The molecule has 3 aromatic heterocycles. The molecular weight excluding hydrogens is 913 g/mol.